The van der Waals surface area contributed by atoms with Gasteiger partial charge in [-0.3, -0.25) is 4.57 Å². The molecule has 0 fully saturated rings. The lowest BCUT2D eigenvalue weighted by Gasteiger charge is -2.04. The second-order valence-corrected chi connectivity index (χ2v) is 4.48. The first-order chi connectivity index (χ1) is 8.74. The average Bonchev–Trinajstić information content (AvgIpc) is 2.77. The van der Waals surface area contributed by atoms with E-state index >= 15 is 0 Å². The van der Waals surface area contributed by atoms with Gasteiger partial charge in [0.25, 0.3) is 0 Å². The standard InChI is InChI=1S/C10H14N6OS/c1-2-16-9(17)14-15-10(16)18-6-7-3-4-12-8(5-7)13-11/h3-5H,2,6,11H2,1H3,(H,12,13)(H,14,17). The summed E-state index contributed by atoms with van der Waals surface area (Å²) in [6, 6.07) is 3.75. The number of H-pyrrole nitrogens is 1. The lowest BCUT2D eigenvalue weighted by atomic mass is 10.3. The first-order valence-corrected chi connectivity index (χ1v) is 6.42. The molecule has 0 aliphatic carbocycles. The Morgan fingerprint density at radius 1 is 1.61 bits per heavy atom. The van der Waals surface area contributed by atoms with Gasteiger partial charge in [-0.05, 0) is 24.6 Å². The fourth-order valence-corrected chi connectivity index (χ4v) is 2.44. The van der Waals surface area contributed by atoms with E-state index in [2.05, 4.69) is 20.6 Å². The van der Waals surface area contributed by atoms with E-state index < -0.39 is 0 Å². The van der Waals surface area contributed by atoms with E-state index in [1.54, 1.807) is 10.8 Å². The number of hydrazine groups is 1. The molecule has 4 N–H and O–H groups in total. The van der Waals surface area contributed by atoms with Gasteiger partial charge in [0.15, 0.2) is 5.16 Å². The fraction of sp³-hybridized carbons (Fsp3) is 0.300. The summed E-state index contributed by atoms with van der Waals surface area (Å²) in [7, 11) is 0. The van der Waals surface area contributed by atoms with Crippen LogP contribution in [0.25, 0.3) is 0 Å². The van der Waals surface area contributed by atoms with Crippen LogP contribution in [0.2, 0.25) is 0 Å². The predicted molar refractivity (Wildman–Crippen MR) is 70.1 cm³/mol. The van der Waals surface area contributed by atoms with Crippen molar-refractivity contribution in [2.45, 2.75) is 24.4 Å². The quantitative estimate of drug-likeness (QED) is 0.415. The van der Waals surface area contributed by atoms with Gasteiger partial charge in [-0.15, -0.1) is 5.10 Å². The molecule has 7 nitrogen and oxygen atoms in total. The molecule has 0 radical (unpaired) electrons. The van der Waals surface area contributed by atoms with Crippen molar-refractivity contribution in [2.75, 3.05) is 5.43 Å². The molecule has 96 valence electrons. The Balaban J connectivity index is 2.08. The number of nitrogens with two attached hydrogens (primary N) is 1. The predicted octanol–water partition coefficient (Wildman–Crippen LogP) is 0.564. The van der Waals surface area contributed by atoms with Crippen molar-refractivity contribution in [1.29, 1.82) is 0 Å². The summed E-state index contributed by atoms with van der Waals surface area (Å²) in [4.78, 5) is 15.4. The zero-order valence-corrected chi connectivity index (χ0v) is 10.7. The number of aromatic nitrogens is 4. The maximum absolute atomic E-state index is 11.4. The van der Waals surface area contributed by atoms with Gasteiger partial charge in [-0.1, -0.05) is 11.8 Å². The van der Waals surface area contributed by atoms with Crippen LogP contribution in [0.15, 0.2) is 28.3 Å². The molecular formula is C10H14N6OS. The molecule has 0 amide bonds. The lowest BCUT2D eigenvalue weighted by molar-refractivity contribution is 0.660. The third kappa shape index (κ3) is 2.71. The lowest BCUT2D eigenvalue weighted by Crippen LogP contribution is -2.16. The van der Waals surface area contributed by atoms with Gasteiger partial charge in [0.1, 0.15) is 5.82 Å². The zero-order valence-electron chi connectivity index (χ0n) is 9.88. The first kappa shape index (κ1) is 12.7. The second-order valence-electron chi connectivity index (χ2n) is 3.54. The number of rotatable bonds is 5. The molecule has 0 aromatic carbocycles. The second kappa shape index (κ2) is 5.69. The summed E-state index contributed by atoms with van der Waals surface area (Å²) in [5.74, 6) is 6.60. The Bertz CT molecular complexity index is 578. The van der Waals surface area contributed by atoms with Crippen molar-refractivity contribution in [3.8, 4) is 0 Å². The Labute approximate surface area is 108 Å². The minimum atomic E-state index is -0.181. The van der Waals surface area contributed by atoms with Gasteiger partial charge >= 0.3 is 5.69 Å². The molecule has 0 aliphatic heterocycles. The Morgan fingerprint density at radius 3 is 3.17 bits per heavy atom. The Morgan fingerprint density at radius 2 is 2.44 bits per heavy atom. The minimum absolute atomic E-state index is 0.181. The van der Waals surface area contributed by atoms with Crippen LogP contribution in [0, 0.1) is 0 Å². The molecule has 0 aliphatic rings. The van der Waals surface area contributed by atoms with E-state index in [0.29, 0.717) is 23.3 Å². The number of pyridine rings is 1. The molecule has 0 spiro atoms. The highest BCUT2D eigenvalue weighted by Crippen LogP contribution is 2.20. The maximum atomic E-state index is 11.4. The number of hydrogen-bond donors (Lipinski definition) is 3. The molecule has 0 bridgehead atoms. The molecule has 0 atom stereocenters. The summed E-state index contributed by atoms with van der Waals surface area (Å²) in [5.41, 5.74) is 3.37. The average molecular weight is 266 g/mol. The molecular weight excluding hydrogens is 252 g/mol. The molecule has 2 heterocycles. The molecule has 2 aromatic heterocycles. The summed E-state index contributed by atoms with van der Waals surface area (Å²) in [6.07, 6.45) is 1.68. The molecule has 2 rings (SSSR count). The number of hydrogen-bond acceptors (Lipinski definition) is 6. The van der Waals surface area contributed by atoms with E-state index in [4.69, 9.17) is 5.84 Å². The van der Waals surface area contributed by atoms with Gasteiger partial charge in [0, 0.05) is 18.5 Å². The molecule has 0 saturated heterocycles. The van der Waals surface area contributed by atoms with Gasteiger partial charge in [-0.25, -0.2) is 20.7 Å². The fourth-order valence-electron chi connectivity index (χ4n) is 1.48. The number of nitrogens with zero attached hydrogens (tertiary/aromatic N) is 3. The van der Waals surface area contributed by atoms with E-state index in [1.165, 1.54) is 11.8 Å². The normalized spacial score (nSPS) is 10.6. The molecule has 0 saturated carbocycles. The van der Waals surface area contributed by atoms with Crippen LogP contribution in [-0.2, 0) is 12.3 Å². The van der Waals surface area contributed by atoms with E-state index in [1.807, 2.05) is 19.1 Å². The van der Waals surface area contributed by atoms with Crippen LogP contribution in [0.3, 0.4) is 0 Å². The highest BCUT2D eigenvalue weighted by Gasteiger charge is 2.07. The van der Waals surface area contributed by atoms with Gasteiger partial charge in [-0.2, -0.15) is 0 Å². The number of aromatic amines is 1. The summed E-state index contributed by atoms with van der Waals surface area (Å²) in [5, 5.41) is 7.10. The summed E-state index contributed by atoms with van der Waals surface area (Å²) in [6.45, 7) is 2.51. The van der Waals surface area contributed by atoms with E-state index in [9.17, 15) is 4.79 Å². The summed E-state index contributed by atoms with van der Waals surface area (Å²) < 4.78 is 1.59. The highest BCUT2D eigenvalue weighted by molar-refractivity contribution is 7.98. The van der Waals surface area contributed by atoms with Crippen LogP contribution < -0.4 is 17.0 Å². The van der Waals surface area contributed by atoms with Crippen molar-refractivity contribution < 1.29 is 0 Å². The molecule has 8 heteroatoms. The first-order valence-electron chi connectivity index (χ1n) is 5.44. The van der Waals surface area contributed by atoms with Crippen LogP contribution >= 0.6 is 11.8 Å². The topological polar surface area (TPSA) is 102 Å². The molecule has 0 unspecified atom stereocenters. The van der Waals surface area contributed by atoms with Gasteiger partial charge in [0.05, 0.1) is 0 Å². The van der Waals surface area contributed by atoms with Gasteiger partial charge in [0.2, 0.25) is 0 Å². The van der Waals surface area contributed by atoms with Gasteiger partial charge < -0.3 is 5.43 Å². The monoisotopic (exact) mass is 266 g/mol. The van der Waals surface area contributed by atoms with Crippen LogP contribution in [0.4, 0.5) is 5.82 Å². The Kier molecular flexibility index (Phi) is 4.00. The van der Waals surface area contributed by atoms with Crippen molar-refractivity contribution in [3.05, 3.63) is 34.4 Å². The van der Waals surface area contributed by atoms with Crippen molar-refractivity contribution in [3.63, 3.8) is 0 Å². The van der Waals surface area contributed by atoms with Crippen molar-refractivity contribution >= 4 is 17.6 Å². The Hall–Kier alpha value is -1.80. The van der Waals surface area contributed by atoms with Crippen LogP contribution in [0.5, 0.6) is 0 Å². The largest absolute Gasteiger partial charge is 0.343 e. The SMILES string of the molecule is CCn1c(SCc2ccnc(NN)c2)n[nH]c1=O. The molecule has 2 aromatic rings. The van der Waals surface area contributed by atoms with E-state index in [0.717, 1.165) is 5.56 Å². The minimum Gasteiger partial charge on any atom is -0.308 e. The number of anilines is 1. The van der Waals surface area contributed by atoms with Crippen LogP contribution in [0.1, 0.15) is 12.5 Å². The van der Waals surface area contributed by atoms with Crippen LogP contribution in [-0.4, -0.2) is 19.7 Å². The number of nitrogen functional groups attached to an aromatic ring is 1. The van der Waals surface area contributed by atoms with E-state index in [-0.39, 0.29) is 5.69 Å². The maximum Gasteiger partial charge on any atom is 0.343 e. The third-order valence-electron chi connectivity index (χ3n) is 2.38. The zero-order chi connectivity index (χ0) is 13.0. The van der Waals surface area contributed by atoms with Crippen molar-refractivity contribution in [1.82, 2.24) is 19.7 Å². The van der Waals surface area contributed by atoms with Crippen molar-refractivity contribution in [2.24, 2.45) is 5.84 Å². The smallest absolute Gasteiger partial charge is 0.308 e. The summed E-state index contributed by atoms with van der Waals surface area (Å²) >= 11 is 1.49. The number of nitrogens with one attached hydrogen (secondary N) is 2. The highest BCUT2D eigenvalue weighted by atomic mass is 32.2. The third-order valence-corrected chi connectivity index (χ3v) is 3.43. The number of thioether (sulfide) groups is 1. The molecule has 18 heavy (non-hydrogen) atoms.